The number of ether oxygens (including phenoxy) is 1. The van der Waals surface area contributed by atoms with E-state index in [1.807, 2.05) is 6.20 Å². The molecule has 0 bridgehead atoms. The molecule has 0 spiro atoms. The molecule has 1 aliphatic rings. The van der Waals surface area contributed by atoms with E-state index < -0.39 is 0 Å². The predicted molar refractivity (Wildman–Crippen MR) is 79.9 cm³/mol. The second-order valence-corrected chi connectivity index (χ2v) is 5.06. The molecule has 2 rings (SSSR count). The Morgan fingerprint density at radius 3 is 3.05 bits per heavy atom. The number of amides is 1. The highest BCUT2D eigenvalue weighted by atomic mass is 35.5. The number of anilines is 1. The summed E-state index contributed by atoms with van der Waals surface area (Å²) in [5.41, 5.74) is 5.97. The second kappa shape index (κ2) is 8.24. The van der Waals surface area contributed by atoms with E-state index in [0.29, 0.717) is 31.3 Å². The van der Waals surface area contributed by atoms with Crippen LogP contribution in [-0.4, -0.2) is 35.4 Å². The Hall–Kier alpha value is -1.11. The molecule has 1 aromatic rings. The molecule has 1 heterocycles. The second-order valence-electron chi connectivity index (χ2n) is 5.06. The Kier molecular flexibility index (Phi) is 6.98. The minimum Gasteiger partial charge on any atom is -0.383 e. The van der Waals surface area contributed by atoms with Crippen molar-refractivity contribution >= 4 is 24.1 Å². The smallest absolute Gasteiger partial charge is 0.225 e. The lowest BCUT2D eigenvalue weighted by atomic mass is 10.00. The van der Waals surface area contributed by atoms with Crippen molar-refractivity contribution in [2.24, 2.45) is 11.7 Å². The van der Waals surface area contributed by atoms with E-state index in [4.69, 9.17) is 10.5 Å². The van der Waals surface area contributed by atoms with E-state index in [1.54, 1.807) is 17.9 Å². The maximum atomic E-state index is 11.9. The van der Waals surface area contributed by atoms with Crippen LogP contribution in [0.2, 0.25) is 0 Å². The van der Waals surface area contributed by atoms with Crippen LogP contribution in [0.4, 0.5) is 5.82 Å². The van der Waals surface area contributed by atoms with Crippen molar-refractivity contribution in [3.05, 3.63) is 12.3 Å². The number of nitrogens with two attached hydrogens (primary N) is 1. The van der Waals surface area contributed by atoms with Crippen molar-refractivity contribution in [1.29, 1.82) is 0 Å². The van der Waals surface area contributed by atoms with Crippen LogP contribution >= 0.6 is 12.4 Å². The lowest BCUT2D eigenvalue weighted by molar-refractivity contribution is -0.117. The molecule has 7 heteroatoms. The zero-order chi connectivity index (χ0) is 13.7. The molecule has 0 aromatic carbocycles. The quantitative estimate of drug-likeness (QED) is 0.832. The van der Waals surface area contributed by atoms with Gasteiger partial charge in [0.2, 0.25) is 5.91 Å². The molecule has 2 atom stereocenters. The average molecular weight is 303 g/mol. The lowest BCUT2D eigenvalue weighted by Crippen LogP contribution is -2.28. The monoisotopic (exact) mass is 302 g/mol. The summed E-state index contributed by atoms with van der Waals surface area (Å²) in [5.74, 6) is 0.905. The minimum atomic E-state index is -0.000610. The fourth-order valence-corrected chi connectivity index (χ4v) is 2.49. The molecule has 0 radical (unpaired) electrons. The summed E-state index contributed by atoms with van der Waals surface area (Å²) in [4.78, 5) is 11.9. The maximum Gasteiger partial charge on any atom is 0.225 e. The number of nitrogens with zero attached hydrogens (tertiary/aromatic N) is 2. The van der Waals surface area contributed by atoms with Crippen LogP contribution < -0.4 is 11.1 Å². The van der Waals surface area contributed by atoms with E-state index in [-0.39, 0.29) is 24.4 Å². The molecule has 0 unspecified atom stereocenters. The average Bonchev–Trinajstić information content (AvgIpc) is 2.97. The van der Waals surface area contributed by atoms with Crippen molar-refractivity contribution in [1.82, 2.24) is 9.78 Å². The van der Waals surface area contributed by atoms with Crippen molar-refractivity contribution in [2.45, 2.75) is 38.3 Å². The summed E-state index contributed by atoms with van der Waals surface area (Å²) in [6, 6.07) is 1.97. The van der Waals surface area contributed by atoms with Gasteiger partial charge in [0.05, 0.1) is 13.2 Å². The van der Waals surface area contributed by atoms with Gasteiger partial charge in [-0.25, -0.2) is 0 Å². The van der Waals surface area contributed by atoms with E-state index >= 15 is 0 Å². The Bertz CT molecular complexity index is 424. The van der Waals surface area contributed by atoms with E-state index in [0.717, 1.165) is 19.3 Å². The standard InChI is InChI=1S/C13H22N4O2.ClH/c1-19-8-7-17-6-5-12(16-17)15-13(18)9-10-3-2-4-11(10)14;/h5-6,10-11H,2-4,7-9,14H2,1H3,(H,15,16,18);1H/t10-,11+;/m0./s1. The van der Waals surface area contributed by atoms with E-state index in [2.05, 4.69) is 10.4 Å². The normalized spacial score (nSPS) is 21.5. The summed E-state index contributed by atoms with van der Waals surface area (Å²) in [6.07, 6.45) is 5.53. The zero-order valence-electron chi connectivity index (χ0n) is 11.7. The van der Waals surface area contributed by atoms with Crippen LogP contribution in [0.5, 0.6) is 0 Å². The van der Waals surface area contributed by atoms with Gasteiger partial charge in [-0.3, -0.25) is 9.48 Å². The van der Waals surface area contributed by atoms with Gasteiger partial charge in [-0.05, 0) is 18.8 Å². The van der Waals surface area contributed by atoms with Gasteiger partial charge in [-0.15, -0.1) is 12.4 Å². The highest BCUT2D eigenvalue weighted by molar-refractivity contribution is 5.89. The van der Waals surface area contributed by atoms with Crippen molar-refractivity contribution in [3.63, 3.8) is 0 Å². The summed E-state index contributed by atoms with van der Waals surface area (Å²) in [5, 5.41) is 7.07. The van der Waals surface area contributed by atoms with Gasteiger partial charge in [-0.2, -0.15) is 5.10 Å². The maximum absolute atomic E-state index is 11.9. The first-order chi connectivity index (χ1) is 9.19. The molecule has 3 N–H and O–H groups in total. The molecule has 1 aromatic heterocycles. The summed E-state index contributed by atoms with van der Waals surface area (Å²) in [6.45, 7) is 1.28. The van der Waals surface area contributed by atoms with Gasteiger partial charge in [-0.1, -0.05) is 6.42 Å². The summed E-state index contributed by atoms with van der Waals surface area (Å²) < 4.78 is 6.72. The first kappa shape index (κ1) is 16.9. The lowest BCUT2D eigenvalue weighted by Gasteiger charge is -2.13. The third-order valence-electron chi connectivity index (χ3n) is 3.60. The number of aromatic nitrogens is 2. The van der Waals surface area contributed by atoms with Gasteiger partial charge >= 0.3 is 0 Å². The van der Waals surface area contributed by atoms with Gasteiger partial charge in [0.1, 0.15) is 0 Å². The topological polar surface area (TPSA) is 82.2 Å². The largest absolute Gasteiger partial charge is 0.383 e. The number of carbonyl (C=O) groups is 1. The number of methoxy groups -OCH3 is 1. The number of hydrogen-bond acceptors (Lipinski definition) is 4. The SMILES string of the molecule is COCCn1ccc(NC(=O)C[C@@H]2CCC[C@H]2N)n1.Cl. The Balaban J connectivity index is 0.00000200. The highest BCUT2D eigenvalue weighted by Gasteiger charge is 2.26. The van der Waals surface area contributed by atoms with E-state index in [1.165, 1.54) is 0 Å². The van der Waals surface area contributed by atoms with Crippen LogP contribution in [0, 0.1) is 5.92 Å². The van der Waals surface area contributed by atoms with Gasteiger partial charge < -0.3 is 15.8 Å². The molecule has 6 nitrogen and oxygen atoms in total. The van der Waals surface area contributed by atoms with E-state index in [9.17, 15) is 4.79 Å². The number of hydrogen-bond donors (Lipinski definition) is 2. The van der Waals surface area contributed by atoms with Crippen molar-refractivity contribution < 1.29 is 9.53 Å². The third kappa shape index (κ3) is 4.77. The van der Waals surface area contributed by atoms with Gasteiger partial charge in [0.15, 0.2) is 5.82 Å². The van der Waals surface area contributed by atoms with Crippen LogP contribution in [0.15, 0.2) is 12.3 Å². The first-order valence-corrected chi connectivity index (χ1v) is 6.77. The fourth-order valence-electron chi connectivity index (χ4n) is 2.49. The van der Waals surface area contributed by atoms with Crippen LogP contribution in [-0.2, 0) is 16.1 Å². The van der Waals surface area contributed by atoms with Crippen LogP contribution in [0.1, 0.15) is 25.7 Å². The van der Waals surface area contributed by atoms with Gasteiger partial charge in [0, 0.05) is 31.8 Å². The number of halogens is 1. The summed E-state index contributed by atoms with van der Waals surface area (Å²) >= 11 is 0. The third-order valence-corrected chi connectivity index (χ3v) is 3.60. The Morgan fingerprint density at radius 1 is 1.60 bits per heavy atom. The summed E-state index contributed by atoms with van der Waals surface area (Å²) in [7, 11) is 1.65. The van der Waals surface area contributed by atoms with Crippen LogP contribution in [0.25, 0.3) is 0 Å². The van der Waals surface area contributed by atoms with Crippen molar-refractivity contribution in [2.75, 3.05) is 19.0 Å². The fraction of sp³-hybridized carbons (Fsp3) is 0.692. The molecule has 114 valence electrons. The van der Waals surface area contributed by atoms with Crippen molar-refractivity contribution in [3.8, 4) is 0 Å². The number of carbonyl (C=O) groups excluding carboxylic acids is 1. The first-order valence-electron chi connectivity index (χ1n) is 6.77. The molecule has 1 fully saturated rings. The Labute approximate surface area is 125 Å². The molecule has 20 heavy (non-hydrogen) atoms. The molecule has 0 aliphatic heterocycles. The van der Waals surface area contributed by atoms with Gasteiger partial charge in [0.25, 0.3) is 0 Å². The van der Waals surface area contributed by atoms with Crippen LogP contribution in [0.3, 0.4) is 0 Å². The number of nitrogens with one attached hydrogen (secondary N) is 1. The predicted octanol–water partition coefficient (Wildman–Crippen LogP) is 1.41. The molecular weight excluding hydrogens is 280 g/mol. The molecule has 1 amide bonds. The number of rotatable bonds is 6. The minimum absolute atomic E-state index is 0. The molecule has 0 saturated heterocycles. The Morgan fingerprint density at radius 2 is 2.40 bits per heavy atom. The molecular formula is C13H23ClN4O2. The zero-order valence-corrected chi connectivity index (χ0v) is 12.6. The highest BCUT2D eigenvalue weighted by Crippen LogP contribution is 2.26. The molecule has 1 aliphatic carbocycles. The molecule has 1 saturated carbocycles.